The summed E-state index contributed by atoms with van der Waals surface area (Å²) in [5.41, 5.74) is 1.06. The first-order valence-corrected chi connectivity index (χ1v) is 15.4. The molecule has 202 valence electrons. The van der Waals surface area contributed by atoms with E-state index in [0.29, 0.717) is 0 Å². The van der Waals surface area contributed by atoms with Crippen molar-refractivity contribution in [3.05, 3.63) is 48.3 Å². The molecule has 8 atom stereocenters. The number of hydrogen-bond donors (Lipinski definition) is 2. The highest BCUT2D eigenvalue weighted by molar-refractivity contribution is 8.01. The van der Waals surface area contributed by atoms with Crippen molar-refractivity contribution < 1.29 is 19.0 Å². The third-order valence-electron chi connectivity index (χ3n) is 11.2. The highest BCUT2D eigenvalue weighted by atomic mass is 32.2. The second-order valence-corrected chi connectivity index (χ2v) is 14.7. The number of nitrogens with zero attached hydrogens (tertiary/aromatic N) is 2. The molecule has 2 N–H and O–H groups in total. The van der Waals surface area contributed by atoms with E-state index in [9.17, 15) is 10.2 Å². The van der Waals surface area contributed by atoms with Crippen LogP contribution in [0.2, 0.25) is 0 Å². The lowest BCUT2D eigenvalue weighted by Crippen LogP contribution is -2.65. The Morgan fingerprint density at radius 3 is 2.11 bits per heavy atom. The fraction of sp³-hybridized carbons (Fsp3) is 0.733. The smallest absolute Gasteiger partial charge is 0.122 e. The number of piperidine rings is 4. The van der Waals surface area contributed by atoms with Gasteiger partial charge in [-0.2, -0.15) is 11.8 Å². The van der Waals surface area contributed by atoms with Gasteiger partial charge in [-0.25, -0.2) is 0 Å². The van der Waals surface area contributed by atoms with E-state index >= 15 is 0 Å². The van der Waals surface area contributed by atoms with E-state index in [-0.39, 0.29) is 34.1 Å². The molecule has 2 aromatic rings. The average molecular weight is 527 g/mol. The van der Waals surface area contributed by atoms with Gasteiger partial charge in [-0.1, -0.05) is 13.8 Å². The van der Waals surface area contributed by atoms with Crippen LogP contribution < -0.4 is 0 Å². The van der Waals surface area contributed by atoms with Gasteiger partial charge in [0.15, 0.2) is 0 Å². The normalized spacial score (nSPS) is 46.8. The zero-order valence-corrected chi connectivity index (χ0v) is 23.1. The van der Waals surface area contributed by atoms with Crippen LogP contribution >= 0.6 is 11.8 Å². The second kappa shape index (κ2) is 8.62. The van der Waals surface area contributed by atoms with Gasteiger partial charge in [-0.05, 0) is 92.9 Å². The Hall–Kier alpha value is -1.25. The summed E-state index contributed by atoms with van der Waals surface area (Å²) in [6.45, 7) is 6.34. The van der Waals surface area contributed by atoms with Crippen molar-refractivity contribution in [3.8, 4) is 0 Å². The number of furan rings is 2. The molecule has 0 aliphatic carbocycles. The van der Waals surface area contributed by atoms with Crippen molar-refractivity contribution in [1.29, 1.82) is 0 Å². The summed E-state index contributed by atoms with van der Waals surface area (Å²) in [6, 6.07) is 4.62. The molecule has 0 saturated carbocycles. The van der Waals surface area contributed by atoms with Crippen molar-refractivity contribution in [2.75, 3.05) is 18.8 Å². The third-order valence-corrected chi connectivity index (χ3v) is 13.1. The van der Waals surface area contributed by atoms with Crippen LogP contribution in [0.15, 0.2) is 46.0 Å². The largest absolute Gasteiger partial charge is 0.472 e. The van der Waals surface area contributed by atoms with Gasteiger partial charge in [-0.3, -0.25) is 9.80 Å². The molecule has 0 bridgehead atoms. The first-order chi connectivity index (χ1) is 17.8. The third kappa shape index (κ3) is 3.75. The fourth-order valence-corrected chi connectivity index (χ4v) is 10.9. The molecule has 0 amide bonds. The summed E-state index contributed by atoms with van der Waals surface area (Å²) in [5, 5.41) is 24.3. The van der Waals surface area contributed by atoms with E-state index in [1.165, 1.54) is 11.1 Å². The van der Waals surface area contributed by atoms with Crippen molar-refractivity contribution in [2.45, 2.75) is 99.9 Å². The topological polar surface area (TPSA) is 73.2 Å². The van der Waals surface area contributed by atoms with Crippen LogP contribution in [-0.4, -0.2) is 55.1 Å². The molecule has 5 saturated heterocycles. The minimum atomic E-state index is -0.765. The number of hydrogen-bond acceptors (Lipinski definition) is 7. The van der Waals surface area contributed by atoms with Gasteiger partial charge in [-0.15, -0.1) is 0 Å². The summed E-state index contributed by atoms with van der Waals surface area (Å²) in [6.07, 6.45) is 16.5. The lowest BCUT2D eigenvalue weighted by atomic mass is 9.63. The van der Waals surface area contributed by atoms with Crippen LogP contribution in [0.4, 0.5) is 0 Å². The number of rotatable bonds is 2. The van der Waals surface area contributed by atoms with E-state index in [1.807, 2.05) is 12.5 Å². The van der Waals surface area contributed by atoms with E-state index in [0.717, 1.165) is 76.6 Å². The summed E-state index contributed by atoms with van der Waals surface area (Å²) in [5.74, 6) is 1.66. The predicted molar refractivity (Wildman–Crippen MR) is 144 cm³/mol. The molecule has 6 nitrogen and oxygen atoms in total. The van der Waals surface area contributed by atoms with Gasteiger partial charge in [0.1, 0.15) is 11.4 Å². The van der Waals surface area contributed by atoms with E-state index in [4.69, 9.17) is 8.83 Å². The molecule has 2 spiro atoms. The zero-order chi connectivity index (χ0) is 25.5. The molecule has 2 aromatic heterocycles. The molecule has 7 heterocycles. The Balaban J connectivity index is 1.14. The lowest BCUT2D eigenvalue weighted by Gasteiger charge is -2.60. The van der Waals surface area contributed by atoms with Crippen LogP contribution in [0, 0.1) is 17.3 Å². The Labute approximate surface area is 224 Å². The Bertz CT molecular complexity index is 1110. The molecule has 7 rings (SSSR count). The van der Waals surface area contributed by atoms with Crippen LogP contribution in [-0.2, 0) is 0 Å². The molecule has 0 radical (unpaired) electrons. The molecular formula is C30H42N2O4S. The van der Waals surface area contributed by atoms with Crippen LogP contribution in [0.3, 0.4) is 0 Å². The molecule has 5 fully saturated rings. The zero-order valence-electron chi connectivity index (χ0n) is 22.3. The Morgan fingerprint density at radius 2 is 1.46 bits per heavy atom. The maximum absolute atomic E-state index is 12.3. The van der Waals surface area contributed by atoms with Gasteiger partial charge < -0.3 is 19.0 Å². The standard InChI is InChI=1S/C30H42N2O4S/c1-21-3-6-26(24-8-14-36-16-24)32-19-28(9-10-29(21,32)33)17-27(20-37-28)11-12-31-25(23-7-13-35-15-23)5-4-22(2)30(31,34)18-27/h7-8,13-16,21-22,25-26,33-34H,3-6,9-12,17-20H2,1-2H3/t21-,22+,25-,26-,27-,28+,29+,30+/m0/s1. The molecular weight excluding hydrogens is 484 g/mol. The maximum atomic E-state index is 12.3. The molecule has 0 unspecified atom stereocenters. The molecule has 5 aliphatic heterocycles. The first-order valence-electron chi connectivity index (χ1n) is 14.4. The van der Waals surface area contributed by atoms with Crippen LogP contribution in [0.1, 0.15) is 94.8 Å². The van der Waals surface area contributed by atoms with Gasteiger partial charge in [0.05, 0.1) is 25.1 Å². The Morgan fingerprint density at radius 1 is 0.811 bits per heavy atom. The van der Waals surface area contributed by atoms with Gasteiger partial charge in [0, 0.05) is 41.0 Å². The highest BCUT2D eigenvalue weighted by Gasteiger charge is 2.62. The summed E-state index contributed by atoms with van der Waals surface area (Å²) >= 11 is 2.14. The summed E-state index contributed by atoms with van der Waals surface area (Å²) in [4.78, 5) is 4.86. The first kappa shape index (κ1) is 24.8. The van der Waals surface area contributed by atoms with E-state index in [2.05, 4.69) is 47.5 Å². The summed E-state index contributed by atoms with van der Waals surface area (Å²) in [7, 11) is 0. The van der Waals surface area contributed by atoms with E-state index < -0.39 is 11.4 Å². The second-order valence-electron chi connectivity index (χ2n) is 13.3. The number of fused-ring (bicyclic) bond motifs is 2. The quantitative estimate of drug-likeness (QED) is 0.501. The SMILES string of the molecule is C[C@@H]1CC[C@@H](c2ccoc2)N2CC[C@@]3(CS[C@]4(CC[C@@]5(O)[C@@H](C)CC[C@@H](c6ccoc6)N5C4)C3)C[C@@]12O. The maximum Gasteiger partial charge on any atom is 0.122 e. The Kier molecular flexibility index (Phi) is 5.77. The number of thioether (sulfide) groups is 1. The van der Waals surface area contributed by atoms with Crippen LogP contribution in [0.5, 0.6) is 0 Å². The monoisotopic (exact) mass is 526 g/mol. The molecule has 37 heavy (non-hydrogen) atoms. The van der Waals surface area contributed by atoms with Crippen molar-refractivity contribution in [3.63, 3.8) is 0 Å². The van der Waals surface area contributed by atoms with Crippen molar-refractivity contribution in [2.24, 2.45) is 17.3 Å². The molecule has 7 heteroatoms. The summed E-state index contributed by atoms with van der Waals surface area (Å²) < 4.78 is 11.0. The van der Waals surface area contributed by atoms with Gasteiger partial charge in [0.25, 0.3) is 0 Å². The van der Waals surface area contributed by atoms with E-state index in [1.54, 1.807) is 12.5 Å². The minimum Gasteiger partial charge on any atom is -0.472 e. The number of aliphatic hydroxyl groups is 2. The predicted octanol–water partition coefficient (Wildman–Crippen LogP) is 5.95. The van der Waals surface area contributed by atoms with Gasteiger partial charge in [0.2, 0.25) is 0 Å². The average Bonchev–Trinajstić information content (AvgIpc) is 3.65. The van der Waals surface area contributed by atoms with Gasteiger partial charge >= 0.3 is 0 Å². The van der Waals surface area contributed by atoms with Crippen LogP contribution in [0.25, 0.3) is 0 Å². The van der Waals surface area contributed by atoms with Crippen molar-refractivity contribution in [1.82, 2.24) is 9.80 Å². The highest BCUT2D eigenvalue weighted by Crippen LogP contribution is 2.63. The molecule has 0 aromatic carbocycles. The molecule has 5 aliphatic rings. The van der Waals surface area contributed by atoms with Crippen molar-refractivity contribution >= 4 is 11.8 Å². The lowest BCUT2D eigenvalue weighted by molar-refractivity contribution is -0.234. The minimum absolute atomic E-state index is 0.145. The fourth-order valence-electron chi connectivity index (χ4n) is 9.01.